The summed E-state index contributed by atoms with van der Waals surface area (Å²) in [6.07, 6.45) is 6.18. The van der Waals surface area contributed by atoms with E-state index in [0.717, 1.165) is 24.2 Å². The van der Waals surface area contributed by atoms with Gasteiger partial charge >= 0.3 is 0 Å². The quantitative estimate of drug-likeness (QED) is 0.435. The molecule has 0 spiro atoms. The lowest BCUT2D eigenvalue weighted by molar-refractivity contribution is 0.350. The molecule has 1 atom stereocenters. The molecule has 0 bridgehead atoms. The Morgan fingerprint density at radius 2 is 1.81 bits per heavy atom. The topological polar surface area (TPSA) is 43.8 Å². The molecule has 6 heteroatoms. The molecule has 0 saturated heterocycles. The van der Waals surface area contributed by atoms with Crippen molar-refractivity contribution < 1.29 is 13.2 Å². The van der Waals surface area contributed by atoms with E-state index in [1.54, 1.807) is 12.1 Å². The van der Waals surface area contributed by atoms with Gasteiger partial charge in [0.05, 0.1) is 5.69 Å². The third kappa shape index (κ3) is 6.69. The van der Waals surface area contributed by atoms with Crippen molar-refractivity contribution in [3.8, 4) is 11.3 Å². The maximum absolute atomic E-state index is 13.7. The third-order valence-corrected chi connectivity index (χ3v) is 5.28. The van der Waals surface area contributed by atoms with Gasteiger partial charge in [-0.15, -0.1) is 0 Å². The van der Waals surface area contributed by atoms with E-state index in [9.17, 15) is 13.2 Å². The van der Waals surface area contributed by atoms with E-state index in [1.165, 1.54) is 24.3 Å². The Balaban J connectivity index is 1.85. The zero-order valence-corrected chi connectivity index (χ0v) is 18.0. The standard InChI is InChI=1S/C25H29F3N3/c1-25(2,11-5-10-22(29)15-26)14-24-30-23(19-7-4-9-21(28)13-19)17-31(24)16-18-6-3-8-20(27)12-18/h3-4,6-9,12-14,17,22H,5,10-11,15-16,29H2,1-2H3/t22-/m0/s1. The van der Waals surface area contributed by atoms with Crippen LogP contribution in [-0.2, 0) is 6.54 Å². The number of alkyl halides is 1. The van der Waals surface area contributed by atoms with Crippen LogP contribution in [0.3, 0.4) is 0 Å². The molecule has 0 fully saturated rings. The predicted octanol–water partition coefficient (Wildman–Crippen LogP) is 5.92. The van der Waals surface area contributed by atoms with Crippen molar-refractivity contribution in [3.63, 3.8) is 0 Å². The monoisotopic (exact) mass is 428 g/mol. The van der Waals surface area contributed by atoms with Crippen LogP contribution in [0.2, 0.25) is 0 Å². The summed E-state index contributed by atoms with van der Waals surface area (Å²) < 4.78 is 42.0. The first-order valence-electron chi connectivity index (χ1n) is 10.5. The minimum atomic E-state index is -0.515. The molecule has 1 radical (unpaired) electrons. The molecule has 0 aliphatic carbocycles. The highest BCUT2D eigenvalue weighted by molar-refractivity contribution is 5.59. The molecule has 0 aliphatic rings. The molecule has 0 saturated carbocycles. The van der Waals surface area contributed by atoms with Gasteiger partial charge in [0, 0.05) is 30.8 Å². The number of nitrogens with two attached hydrogens (primary N) is 1. The van der Waals surface area contributed by atoms with Crippen LogP contribution < -0.4 is 5.73 Å². The van der Waals surface area contributed by atoms with Crippen molar-refractivity contribution in [2.75, 3.05) is 6.67 Å². The molecule has 1 aromatic heterocycles. The number of rotatable bonds is 10. The Morgan fingerprint density at radius 1 is 1.10 bits per heavy atom. The van der Waals surface area contributed by atoms with E-state index in [2.05, 4.69) is 20.3 Å². The summed E-state index contributed by atoms with van der Waals surface area (Å²) in [5, 5.41) is 0. The van der Waals surface area contributed by atoms with Crippen LogP contribution >= 0.6 is 0 Å². The zero-order valence-electron chi connectivity index (χ0n) is 18.0. The van der Waals surface area contributed by atoms with Gasteiger partial charge in [0.25, 0.3) is 0 Å². The molecule has 1 heterocycles. The second-order valence-corrected chi connectivity index (χ2v) is 8.69. The van der Waals surface area contributed by atoms with E-state index in [4.69, 9.17) is 10.7 Å². The normalized spacial score (nSPS) is 12.8. The predicted molar refractivity (Wildman–Crippen MR) is 118 cm³/mol. The molecule has 0 unspecified atom stereocenters. The van der Waals surface area contributed by atoms with Crippen LogP contribution in [0.4, 0.5) is 13.2 Å². The minimum Gasteiger partial charge on any atom is -0.330 e. The molecule has 3 rings (SSSR count). The Hall–Kier alpha value is -2.60. The number of imidazole rings is 1. The summed E-state index contributed by atoms with van der Waals surface area (Å²) >= 11 is 0. The van der Waals surface area contributed by atoms with Crippen molar-refractivity contribution in [2.45, 2.75) is 45.7 Å². The van der Waals surface area contributed by atoms with E-state index in [1.807, 2.05) is 22.9 Å². The first kappa shape index (κ1) is 23.1. The molecule has 2 aromatic carbocycles. The van der Waals surface area contributed by atoms with E-state index >= 15 is 0 Å². The van der Waals surface area contributed by atoms with Gasteiger partial charge in [-0.2, -0.15) is 0 Å². The van der Waals surface area contributed by atoms with Gasteiger partial charge in [-0.3, -0.25) is 0 Å². The Morgan fingerprint density at radius 3 is 2.48 bits per heavy atom. The number of benzene rings is 2. The van der Waals surface area contributed by atoms with Gasteiger partial charge in [0.1, 0.15) is 24.1 Å². The summed E-state index contributed by atoms with van der Waals surface area (Å²) in [5.74, 6) is 0.105. The van der Waals surface area contributed by atoms with Crippen molar-refractivity contribution in [3.05, 3.63) is 84.2 Å². The fourth-order valence-corrected chi connectivity index (χ4v) is 3.61. The van der Waals surface area contributed by atoms with Crippen LogP contribution in [0, 0.1) is 23.5 Å². The number of hydrogen-bond donors (Lipinski definition) is 1. The van der Waals surface area contributed by atoms with Crippen molar-refractivity contribution >= 4 is 0 Å². The van der Waals surface area contributed by atoms with E-state index in [-0.39, 0.29) is 17.0 Å². The van der Waals surface area contributed by atoms with Crippen LogP contribution in [0.5, 0.6) is 0 Å². The van der Waals surface area contributed by atoms with Gasteiger partial charge in [0.15, 0.2) is 0 Å². The lowest BCUT2D eigenvalue weighted by atomic mass is 9.83. The fraction of sp³-hybridized carbons (Fsp3) is 0.360. The zero-order chi connectivity index (χ0) is 22.4. The van der Waals surface area contributed by atoms with Crippen molar-refractivity contribution in [2.24, 2.45) is 11.1 Å². The maximum atomic E-state index is 13.7. The summed E-state index contributed by atoms with van der Waals surface area (Å²) in [7, 11) is 0. The van der Waals surface area contributed by atoms with Gasteiger partial charge in [0.2, 0.25) is 0 Å². The SMILES string of the molecule is CC(C)([CH]c1nc(-c2cccc(F)c2)cn1Cc1cccc(F)c1)CCC[C@H](N)CF. The molecular formula is C25H29F3N3. The average molecular weight is 429 g/mol. The summed E-state index contributed by atoms with van der Waals surface area (Å²) in [6.45, 7) is 4.11. The number of halogens is 3. The molecule has 0 aliphatic heterocycles. The number of hydrogen-bond acceptors (Lipinski definition) is 2. The van der Waals surface area contributed by atoms with Crippen LogP contribution in [0.25, 0.3) is 11.3 Å². The fourth-order valence-electron chi connectivity index (χ4n) is 3.61. The molecular weight excluding hydrogens is 399 g/mol. The van der Waals surface area contributed by atoms with Crippen LogP contribution in [0.15, 0.2) is 54.7 Å². The van der Waals surface area contributed by atoms with Gasteiger partial charge < -0.3 is 10.3 Å². The number of nitrogens with zero attached hydrogens (tertiary/aromatic N) is 2. The lowest BCUT2D eigenvalue weighted by Crippen LogP contribution is -2.23. The molecule has 165 valence electrons. The van der Waals surface area contributed by atoms with Crippen molar-refractivity contribution in [1.29, 1.82) is 0 Å². The molecule has 0 amide bonds. The summed E-state index contributed by atoms with van der Waals surface area (Å²) in [6, 6.07) is 12.3. The minimum absolute atomic E-state index is 0.208. The average Bonchev–Trinajstić information content (AvgIpc) is 3.09. The van der Waals surface area contributed by atoms with Crippen molar-refractivity contribution in [1.82, 2.24) is 9.55 Å². The maximum Gasteiger partial charge on any atom is 0.123 e. The highest BCUT2D eigenvalue weighted by atomic mass is 19.1. The van der Waals surface area contributed by atoms with E-state index < -0.39 is 12.7 Å². The summed E-state index contributed by atoms with van der Waals surface area (Å²) in [5.41, 5.74) is 7.63. The first-order valence-corrected chi connectivity index (χ1v) is 10.5. The largest absolute Gasteiger partial charge is 0.330 e. The molecule has 3 aromatic rings. The third-order valence-electron chi connectivity index (χ3n) is 5.28. The number of aromatic nitrogens is 2. The second-order valence-electron chi connectivity index (χ2n) is 8.69. The molecule has 31 heavy (non-hydrogen) atoms. The highest BCUT2D eigenvalue weighted by Gasteiger charge is 2.23. The Labute approximate surface area is 182 Å². The molecule has 3 nitrogen and oxygen atoms in total. The lowest BCUT2D eigenvalue weighted by Gasteiger charge is -2.24. The van der Waals surface area contributed by atoms with Gasteiger partial charge in [-0.05, 0) is 48.1 Å². The van der Waals surface area contributed by atoms with E-state index in [0.29, 0.717) is 24.2 Å². The summed E-state index contributed by atoms with van der Waals surface area (Å²) in [4.78, 5) is 4.75. The first-order chi connectivity index (χ1) is 14.8. The smallest absolute Gasteiger partial charge is 0.123 e. The highest BCUT2D eigenvalue weighted by Crippen LogP contribution is 2.32. The van der Waals surface area contributed by atoms with Crippen LogP contribution in [0.1, 0.15) is 44.5 Å². The van der Waals surface area contributed by atoms with Crippen LogP contribution in [-0.4, -0.2) is 22.3 Å². The second kappa shape index (κ2) is 10.1. The Bertz CT molecular complexity index is 997. The Kier molecular flexibility index (Phi) is 7.55. The van der Waals surface area contributed by atoms with Gasteiger partial charge in [-0.25, -0.2) is 18.2 Å². The molecule has 2 N–H and O–H groups in total. The van der Waals surface area contributed by atoms with Gasteiger partial charge in [-0.1, -0.05) is 44.5 Å².